The number of amides is 1. The van der Waals surface area contributed by atoms with E-state index in [9.17, 15) is 26.7 Å². The second kappa shape index (κ2) is 9.90. The highest BCUT2D eigenvalue weighted by molar-refractivity contribution is 5.85. The smallest absolute Gasteiger partial charge is 0.367 e. The van der Waals surface area contributed by atoms with E-state index in [1.54, 1.807) is 12.3 Å². The quantitative estimate of drug-likeness (QED) is 0.522. The van der Waals surface area contributed by atoms with Gasteiger partial charge in [-0.05, 0) is 49.1 Å². The summed E-state index contributed by atoms with van der Waals surface area (Å²) in [4.78, 5) is 16.4. The topological polar surface area (TPSA) is 109 Å². The minimum atomic E-state index is -4.60. The van der Waals surface area contributed by atoms with Crippen molar-refractivity contribution in [2.24, 2.45) is 23.3 Å². The maximum absolute atomic E-state index is 13.5. The largest absolute Gasteiger partial charge is 0.411 e. The van der Waals surface area contributed by atoms with Gasteiger partial charge in [0.05, 0.1) is 24.1 Å². The van der Waals surface area contributed by atoms with Crippen LogP contribution in [0.15, 0.2) is 18.5 Å². The molecule has 2 aromatic rings. The minimum absolute atomic E-state index is 0. The van der Waals surface area contributed by atoms with Crippen molar-refractivity contribution >= 4 is 24.0 Å². The summed E-state index contributed by atoms with van der Waals surface area (Å²) in [6, 6.07) is 1.09. The molecule has 7 nitrogen and oxygen atoms in total. The van der Waals surface area contributed by atoms with Gasteiger partial charge in [0, 0.05) is 18.8 Å². The molecule has 0 spiro atoms. The Morgan fingerprint density at radius 2 is 1.85 bits per heavy atom. The molecule has 34 heavy (non-hydrogen) atoms. The molecular formula is C21H27ClF5N5O2. The molecule has 4 N–H and O–H groups in total. The molecule has 3 atom stereocenters. The number of carbonyl (C=O) groups excluding carboxylic acids is 1. The lowest BCUT2D eigenvalue weighted by molar-refractivity contribution is -0.189. The van der Waals surface area contributed by atoms with Crippen molar-refractivity contribution in [3.8, 4) is 0 Å². The van der Waals surface area contributed by atoms with E-state index in [1.807, 2.05) is 0 Å². The van der Waals surface area contributed by atoms with Gasteiger partial charge in [-0.3, -0.25) is 4.79 Å². The summed E-state index contributed by atoms with van der Waals surface area (Å²) in [5, 5.41) is 4.28. The number of ether oxygens (including phenoxy) is 1. The van der Waals surface area contributed by atoms with Gasteiger partial charge >= 0.3 is 6.18 Å². The number of fused-ring (bicyclic) bond motifs is 1. The van der Waals surface area contributed by atoms with Crippen LogP contribution in [0.3, 0.4) is 0 Å². The third kappa shape index (κ3) is 6.14. The van der Waals surface area contributed by atoms with Crippen LogP contribution < -0.4 is 11.5 Å². The van der Waals surface area contributed by atoms with Crippen LogP contribution >= 0.6 is 12.4 Å². The molecule has 4 rings (SSSR count). The van der Waals surface area contributed by atoms with Crippen LogP contribution in [0.1, 0.15) is 61.7 Å². The summed E-state index contributed by atoms with van der Waals surface area (Å²) in [6.07, 6.45) is -1.35. The number of hydrogen-bond donors (Lipinski definition) is 2. The number of aromatic nitrogens is 3. The number of halogens is 6. The zero-order valence-electron chi connectivity index (χ0n) is 18.2. The van der Waals surface area contributed by atoms with Crippen molar-refractivity contribution in [2.75, 3.05) is 6.61 Å². The SMILES string of the molecule is Cl.NC(=O)C(OCC(F)(F)F)[C@@H](c1cnn2cc([C@@H](N)C3CCC(F)(F)CC3)nc2c1)C1CC1. The summed E-state index contributed by atoms with van der Waals surface area (Å²) in [7, 11) is 0. The molecule has 2 aliphatic rings. The molecular weight excluding hydrogens is 485 g/mol. The lowest BCUT2D eigenvalue weighted by Gasteiger charge is -2.31. The fraction of sp³-hybridized carbons (Fsp3) is 0.667. The zero-order chi connectivity index (χ0) is 24.0. The van der Waals surface area contributed by atoms with Crippen LogP contribution in [0, 0.1) is 11.8 Å². The second-order valence-electron chi connectivity index (χ2n) is 9.09. The average molecular weight is 512 g/mol. The summed E-state index contributed by atoms with van der Waals surface area (Å²) < 4.78 is 71.4. The van der Waals surface area contributed by atoms with E-state index in [0.29, 0.717) is 29.7 Å². The van der Waals surface area contributed by atoms with Gasteiger partial charge < -0.3 is 16.2 Å². The van der Waals surface area contributed by atoms with Crippen LogP contribution in [0.4, 0.5) is 22.0 Å². The van der Waals surface area contributed by atoms with Crippen LogP contribution in [0.5, 0.6) is 0 Å². The lowest BCUT2D eigenvalue weighted by Crippen LogP contribution is -2.39. The lowest BCUT2D eigenvalue weighted by atomic mass is 9.81. The maximum Gasteiger partial charge on any atom is 0.411 e. The Balaban J connectivity index is 0.00000324. The molecule has 2 saturated carbocycles. The van der Waals surface area contributed by atoms with Crippen molar-refractivity contribution in [2.45, 2.75) is 68.7 Å². The van der Waals surface area contributed by atoms with E-state index in [4.69, 9.17) is 16.2 Å². The fourth-order valence-electron chi connectivity index (χ4n) is 4.61. The summed E-state index contributed by atoms with van der Waals surface area (Å²) in [5.74, 6) is -4.51. The molecule has 1 unspecified atom stereocenters. The monoisotopic (exact) mass is 511 g/mol. The molecule has 2 aliphatic carbocycles. The van der Waals surface area contributed by atoms with Gasteiger partial charge in [0.15, 0.2) is 5.65 Å². The molecule has 2 fully saturated rings. The zero-order valence-corrected chi connectivity index (χ0v) is 19.0. The van der Waals surface area contributed by atoms with E-state index >= 15 is 0 Å². The van der Waals surface area contributed by atoms with Crippen molar-refractivity contribution < 1.29 is 31.5 Å². The first-order chi connectivity index (χ1) is 15.4. The van der Waals surface area contributed by atoms with Gasteiger partial charge in [0.1, 0.15) is 12.7 Å². The molecule has 0 aliphatic heterocycles. The number of nitrogens with two attached hydrogens (primary N) is 2. The molecule has 0 radical (unpaired) electrons. The first-order valence-corrected chi connectivity index (χ1v) is 10.9. The summed E-state index contributed by atoms with van der Waals surface area (Å²) in [6.45, 7) is -1.58. The van der Waals surface area contributed by atoms with Gasteiger partial charge in [-0.25, -0.2) is 18.3 Å². The molecule has 2 aromatic heterocycles. The predicted octanol–water partition coefficient (Wildman–Crippen LogP) is 3.90. The number of rotatable bonds is 8. The molecule has 13 heteroatoms. The number of alkyl halides is 5. The molecule has 190 valence electrons. The highest BCUT2D eigenvalue weighted by atomic mass is 35.5. The van der Waals surface area contributed by atoms with Crippen molar-refractivity contribution in [3.05, 3.63) is 29.7 Å². The molecule has 0 bridgehead atoms. The summed E-state index contributed by atoms with van der Waals surface area (Å²) in [5.41, 5.74) is 13.1. The molecule has 1 amide bonds. The Morgan fingerprint density at radius 1 is 1.21 bits per heavy atom. The number of carbonyl (C=O) groups is 1. The summed E-state index contributed by atoms with van der Waals surface area (Å²) >= 11 is 0. The Labute approximate surface area is 198 Å². The first kappa shape index (κ1) is 26.6. The van der Waals surface area contributed by atoms with Crippen molar-refractivity contribution in [1.82, 2.24) is 14.6 Å². The number of hydrogen-bond acceptors (Lipinski definition) is 5. The van der Waals surface area contributed by atoms with Crippen LogP contribution in [-0.2, 0) is 9.53 Å². The Hall–Kier alpha value is -2.05. The average Bonchev–Trinajstić information content (AvgIpc) is 3.46. The Morgan fingerprint density at radius 3 is 2.41 bits per heavy atom. The van der Waals surface area contributed by atoms with Gasteiger partial charge in [0.25, 0.3) is 0 Å². The van der Waals surface area contributed by atoms with Gasteiger partial charge in [-0.1, -0.05) is 0 Å². The maximum atomic E-state index is 13.5. The van der Waals surface area contributed by atoms with Gasteiger partial charge in [-0.2, -0.15) is 18.3 Å². The Bertz CT molecular complexity index is 1000. The van der Waals surface area contributed by atoms with Crippen LogP contribution in [-0.4, -0.2) is 45.3 Å². The fourth-order valence-corrected chi connectivity index (χ4v) is 4.61. The minimum Gasteiger partial charge on any atom is -0.367 e. The van der Waals surface area contributed by atoms with E-state index in [-0.39, 0.29) is 37.1 Å². The highest BCUT2D eigenvalue weighted by Gasteiger charge is 2.43. The number of nitrogens with zero attached hydrogens (tertiary/aromatic N) is 3. The Kier molecular flexibility index (Phi) is 7.73. The first-order valence-electron chi connectivity index (χ1n) is 10.9. The second-order valence-corrected chi connectivity index (χ2v) is 9.09. The molecule has 0 aromatic carbocycles. The predicted molar refractivity (Wildman–Crippen MR) is 115 cm³/mol. The van der Waals surface area contributed by atoms with Crippen molar-refractivity contribution in [3.63, 3.8) is 0 Å². The van der Waals surface area contributed by atoms with E-state index in [0.717, 1.165) is 12.8 Å². The van der Waals surface area contributed by atoms with Crippen LogP contribution in [0.2, 0.25) is 0 Å². The third-order valence-corrected chi connectivity index (χ3v) is 6.52. The number of primary amides is 1. The molecule has 0 saturated heterocycles. The van der Waals surface area contributed by atoms with E-state index in [1.165, 1.54) is 10.7 Å². The number of imidazole rings is 1. The van der Waals surface area contributed by atoms with Crippen LogP contribution in [0.25, 0.3) is 5.65 Å². The van der Waals surface area contributed by atoms with Gasteiger partial charge in [0.2, 0.25) is 11.8 Å². The highest BCUT2D eigenvalue weighted by Crippen LogP contribution is 2.46. The third-order valence-electron chi connectivity index (χ3n) is 6.52. The van der Waals surface area contributed by atoms with E-state index in [2.05, 4.69) is 10.1 Å². The van der Waals surface area contributed by atoms with Gasteiger partial charge in [-0.15, -0.1) is 12.4 Å². The molecule has 2 heterocycles. The van der Waals surface area contributed by atoms with E-state index < -0.39 is 42.7 Å². The standard InChI is InChI=1S/C21H26F5N5O2.ClH/c22-20(23)5-3-12(4-6-20)17(27)14-9-31-15(30-14)7-13(8-29-31)16(11-1-2-11)18(19(28)32)33-10-21(24,25)26;/h7-9,11-12,16-18H,1-6,10,27H2,(H2,28,32);1H/t16-,17+,18?;/m1./s1. The van der Waals surface area contributed by atoms with Crippen molar-refractivity contribution in [1.29, 1.82) is 0 Å². The normalized spacial score (nSPS) is 21.6.